The Bertz CT molecular complexity index is 697. The summed E-state index contributed by atoms with van der Waals surface area (Å²) in [5.74, 6) is -0.361. The third kappa shape index (κ3) is 3.47. The highest BCUT2D eigenvalue weighted by atomic mass is 19.1. The molecule has 1 heterocycles. The molecule has 3 nitrogen and oxygen atoms in total. The predicted molar refractivity (Wildman–Crippen MR) is 85.5 cm³/mol. The first-order valence-electron chi connectivity index (χ1n) is 7.78. The van der Waals surface area contributed by atoms with Gasteiger partial charge in [-0.05, 0) is 36.2 Å². The Morgan fingerprint density at radius 1 is 1.09 bits per heavy atom. The summed E-state index contributed by atoms with van der Waals surface area (Å²) in [6.07, 6.45) is 1.57. The van der Waals surface area contributed by atoms with Gasteiger partial charge in [-0.3, -0.25) is 9.59 Å². The van der Waals surface area contributed by atoms with E-state index >= 15 is 0 Å². The lowest BCUT2D eigenvalue weighted by molar-refractivity contribution is -0.129. The molecule has 1 aliphatic rings. The van der Waals surface area contributed by atoms with E-state index in [4.69, 9.17) is 0 Å². The number of nitrogens with zero attached hydrogens (tertiary/aromatic N) is 1. The molecule has 0 radical (unpaired) electrons. The predicted octanol–water partition coefficient (Wildman–Crippen LogP) is 3.76. The average molecular weight is 311 g/mol. The molecule has 1 atom stereocenters. The molecule has 0 aliphatic carbocycles. The first-order valence-corrected chi connectivity index (χ1v) is 7.78. The number of benzene rings is 2. The smallest absolute Gasteiger partial charge is 0.223 e. The molecule has 0 N–H and O–H groups in total. The van der Waals surface area contributed by atoms with E-state index in [2.05, 4.69) is 0 Å². The lowest BCUT2D eigenvalue weighted by Gasteiger charge is -2.28. The largest absolute Gasteiger partial charge is 0.335 e. The number of hydrogen-bond donors (Lipinski definition) is 0. The number of ketones is 1. The number of likely N-dealkylation sites (tertiary alicyclic amines) is 1. The maximum Gasteiger partial charge on any atom is 0.223 e. The fourth-order valence-corrected chi connectivity index (χ4v) is 3.01. The van der Waals surface area contributed by atoms with Crippen molar-refractivity contribution in [2.24, 2.45) is 0 Å². The fourth-order valence-electron chi connectivity index (χ4n) is 3.01. The van der Waals surface area contributed by atoms with E-state index in [1.807, 2.05) is 30.3 Å². The zero-order chi connectivity index (χ0) is 16.2. The van der Waals surface area contributed by atoms with Crippen molar-refractivity contribution >= 4 is 11.7 Å². The van der Waals surface area contributed by atoms with Gasteiger partial charge >= 0.3 is 0 Å². The van der Waals surface area contributed by atoms with Gasteiger partial charge in [0.05, 0.1) is 6.04 Å². The number of amides is 1. The van der Waals surface area contributed by atoms with Gasteiger partial charge in [0.25, 0.3) is 0 Å². The Hall–Kier alpha value is -2.49. The second kappa shape index (κ2) is 6.73. The number of carbonyl (C=O) groups excluding carboxylic acids is 2. The lowest BCUT2D eigenvalue weighted by Crippen LogP contribution is -2.31. The summed E-state index contributed by atoms with van der Waals surface area (Å²) in [6.45, 7) is 0.676. The minimum Gasteiger partial charge on any atom is -0.335 e. The number of hydrogen-bond acceptors (Lipinski definition) is 2. The molecular weight excluding hydrogens is 293 g/mol. The Balaban J connectivity index is 1.85. The van der Waals surface area contributed by atoms with Crippen molar-refractivity contribution in [1.29, 1.82) is 0 Å². The van der Waals surface area contributed by atoms with E-state index in [1.54, 1.807) is 4.90 Å². The molecule has 4 heteroatoms. The Morgan fingerprint density at radius 2 is 1.78 bits per heavy atom. The van der Waals surface area contributed by atoms with Gasteiger partial charge in [0.15, 0.2) is 5.78 Å². The summed E-state index contributed by atoms with van der Waals surface area (Å²) in [5.41, 5.74) is 1.43. The van der Waals surface area contributed by atoms with Crippen LogP contribution in [-0.2, 0) is 4.79 Å². The number of Topliss-reactive ketones (excluding diaryl/α,β-unsaturated/α-hetero) is 1. The summed E-state index contributed by atoms with van der Waals surface area (Å²) >= 11 is 0. The number of rotatable bonds is 5. The molecule has 1 amide bonds. The van der Waals surface area contributed by atoms with E-state index in [9.17, 15) is 14.0 Å². The molecule has 1 unspecified atom stereocenters. The zero-order valence-electron chi connectivity index (χ0n) is 12.7. The first kappa shape index (κ1) is 15.4. The second-order valence-electron chi connectivity index (χ2n) is 5.75. The van der Waals surface area contributed by atoms with Crippen molar-refractivity contribution in [2.75, 3.05) is 6.54 Å². The van der Waals surface area contributed by atoms with Crippen LogP contribution >= 0.6 is 0 Å². The Kier molecular flexibility index (Phi) is 4.51. The molecule has 23 heavy (non-hydrogen) atoms. The number of halogens is 1. The monoisotopic (exact) mass is 311 g/mol. The van der Waals surface area contributed by atoms with Gasteiger partial charge in [0.1, 0.15) is 5.82 Å². The standard InChI is InChI=1S/C19H18FNO2/c20-16-10-8-15(9-11-16)18(22)13-17(14-5-2-1-3-6-14)21-12-4-7-19(21)23/h1-3,5-6,8-11,17H,4,7,12-13H2. The molecule has 1 aliphatic heterocycles. The highest BCUT2D eigenvalue weighted by molar-refractivity contribution is 5.96. The van der Waals surface area contributed by atoms with Gasteiger partial charge in [0, 0.05) is 24.9 Å². The third-order valence-electron chi connectivity index (χ3n) is 4.22. The van der Waals surface area contributed by atoms with Crippen LogP contribution in [0.15, 0.2) is 54.6 Å². The second-order valence-corrected chi connectivity index (χ2v) is 5.75. The van der Waals surface area contributed by atoms with E-state index in [-0.39, 0.29) is 30.0 Å². The molecule has 0 spiro atoms. The lowest BCUT2D eigenvalue weighted by atomic mass is 9.96. The molecule has 0 saturated carbocycles. The molecule has 0 aromatic heterocycles. The highest BCUT2D eigenvalue weighted by Gasteiger charge is 2.30. The van der Waals surface area contributed by atoms with Crippen LogP contribution in [0.25, 0.3) is 0 Å². The van der Waals surface area contributed by atoms with E-state index in [0.717, 1.165) is 12.0 Å². The fraction of sp³-hybridized carbons (Fsp3) is 0.263. The van der Waals surface area contributed by atoms with Gasteiger partial charge in [0.2, 0.25) is 5.91 Å². The Morgan fingerprint density at radius 3 is 2.39 bits per heavy atom. The maximum atomic E-state index is 13.0. The van der Waals surface area contributed by atoms with Crippen molar-refractivity contribution in [3.05, 3.63) is 71.5 Å². The normalized spacial score (nSPS) is 15.7. The van der Waals surface area contributed by atoms with Crippen molar-refractivity contribution in [3.63, 3.8) is 0 Å². The van der Waals surface area contributed by atoms with Crippen molar-refractivity contribution in [1.82, 2.24) is 4.90 Å². The molecule has 2 aromatic rings. The topological polar surface area (TPSA) is 37.4 Å². The summed E-state index contributed by atoms with van der Waals surface area (Å²) in [6, 6.07) is 14.9. The van der Waals surface area contributed by atoms with Crippen molar-refractivity contribution in [3.8, 4) is 0 Å². The summed E-state index contributed by atoms with van der Waals surface area (Å²) < 4.78 is 13.0. The third-order valence-corrected chi connectivity index (χ3v) is 4.22. The van der Waals surface area contributed by atoms with Crippen LogP contribution in [0, 0.1) is 5.82 Å². The quantitative estimate of drug-likeness (QED) is 0.788. The molecule has 1 fully saturated rings. The van der Waals surface area contributed by atoms with Crippen LogP contribution in [0.1, 0.15) is 41.2 Å². The van der Waals surface area contributed by atoms with Crippen LogP contribution in [0.2, 0.25) is 0 Å². The maximum absolute atomic E-state index is 13.0. The van der Waals surface area contributed by atoms with E-state index in [0.29, 0.717) is 18.5 Å². The molecule has 0 bridgehead atoms. The van der Waals surface area contributed by atoms with Gasteiger partial charge in [-0.25, -0.2) is 4.39 Å². The molecule has 118 valence electrons. The summed E-state index contributed by atoms with van der Waals surface area (Å²) in [5, 5.41) is 0. The van der Waals surface area contributed by atoms with Gasteiger partial charge in [-0.1, -0.05) is 30.3 Å². The molecule has 2 aromatic carbocycles. The first-order chi connectivity index (χ1) is 11.1. The minimum absolute atomic E-state index is 0.0847. The van der Waals surface area contributed by atoms with Crippen molar-refractivity contribution < 1.29 is 14.0 Å². The highest BCUT2D eigenvalue weighted by Crippen LogP contribution is 2.30. The van der Waals surface area contributed by atoms with E-state index < -0.39 is 0 Å². The summed E-state index contributed by atoms with van der Waals surface area (Å²) in [7, 11) is 0. The van der Waals surface area contributed by atoms with Crippen LogP contribution < -0.4 is 0 Å². The SMILES string of the molecule is O=C(CC(c1ccccc1)N1CCCC1=O)c1ccc(F)cc1. The van der Waals surface area contributed by atoms with Gasteiger partial charge in [-0.2, -0.15) is 0 Å². The Labute approximate surface area is 134 Å². The van der Waals surface area contributed by atoms with Gasteiger partial charge in [-0.15, -0.1) is 0 Å². The summed E-state index contributed by atoms with van der Waals surface area (Å²) in [4.78, 5) is 26.4. The van der Waals surface area contributed by atoms with Crippen molar-refractivity contribution in [2.45, 2.75) is 25.3 Å². The minimum atomic E-state index is -0.365. The van der Waals surface area contributed by atoms with Crippen LogP contribution in [0.4, 0.5) is 4.39 Å². The van der Waals surface area contributed by atoms with Crippen LogP contribution in [-0.4, -0.2) is 23.1 Å². The molecule has 3 rings (SSSR count). The zero-order valence-corrected chi connectivity index (χ0v) is 12.7. The number of carbonyl (C=O) groups is 2. The van der Waals surface area contributed by atoms with Crippen LogP contribution in [0.3, 0.4) is 0 Å². The average Bonchev–Trinajstić information content (AvgIpc) is 2.99. The molecular formula is C19H18FNO2. The van der Waals surface area contributed by atoms with Gasteiger partial charge < -0.3 is 4.90 Å². The van der Waals surface area contributed by atoms with E-state index in [1.165, 1.54) is 24.3 Å². The van der Waals surface area contributed by atoms with Crippen LogP contribution in [0.5, 0.6) is 0 Å². The molecule has 1 saturated heterocycles.